The molecule has 8 heteroatoms. The van der Waals surface area contributed by atoms with Gasteiger partial charge in [0, 0.05) is 38.9 Å². The Morgan fingerprint density at radius 1 is 1.13 bits per heavy atom. The van der Waals surface area contributed by atoms with E-state index in [-0.39, 0.29) is 19.1 Å². The van der Waals surface area contributed by atoms with E-state index in [1.165, 1.54) is 12.0 Å². The highest BCUT2D eigenvalue weighted by Crippen LogP contribution is 2.38. The molecule has 8 nitrogen and oxygen atoms in total. The zero-order valence-electron chi connectivity index (χ0n) is 17.9. The van der Waals surface area contributed by atoms with Gasteiger partial charge >= 0.3 is 6.09 Å². The third-order valence-electron chi connectivity index (χ3n) is 6.19. The SMILES string of the molecule is COC[C@H]1C(=O)N(CC2CCC3(CC2)OCCO3)C=CN1C(=O)OCc1ccccc1. The molecule has 3 aliphatic rings. The Morgan fingerprint density at radius 2 is 1.84 bits per heavy atom. The van der Waals surface area contributed by atoms with Crippen LogP contribution < -0.4 is 0 Å². The van der Waals surface area contributed by atoms with E-state index in [9.17, 15) is 9.59 Å². The van der Waals surface area contributed by atoms with Crippen molar-refractivity contribution >= 4 is 12.0 Å². The minimum atomic E-state index is -0.741. The lowest BCUT2D eigenvalue weighted by Gasteiger charge is -2.39. The first-order chi connectivity index (χ1) is 15.1. The van der Waals surface area contributed by atoms with Gasteiger partial charge in [-0.25, -0.2) is 4.79 Å². The summed E-state index contributed by atoms with van der Waals surface area (Å²) in [5.41, 5.74) is 0.887. The van der Waals surface area contributed by atoms with Crippen molar-refractivity contribution in [1.82, 2.24) is 9.80 Å². The number of hydrogen-bond acceptors (Lipinski definition) is 6. The molecule has 4 rings (SSSR count). The van der Waals surface area contributed by atoms with E-state index in [4.69, 9.17) is 18.9 Å². The molecule has 0 bridgehead atoms. The van der Waals surface area contributed by atoms with E-state index in [0.717, 1.165) is 31.2 Å². The van der Waals surface area contributed by atoms with Crippen LogP contribution in [0, 0.1) is 5.92 Å². The van der Waals surface area contributed by atoms with Crippen LogP contribution in [-0.4, -0.2) is 67.1 Å². The van der Waals surface area contributed by atoms with E-state index in [1.54, 1.807) is 17.3 Å². The molecule has 0 radical (unpaired) electrons. The second-order valence-corrected chi connectivity index (χ2v) is 8.26. The van der Waals surface area contributed by atoms with Crippen molar-refractivity contribution in [3.05, 3.63) is 48.3 Å². The van der Waals surface area contributed by atoms with Gasteiger partial charge in [0.1, 0.15) is 12.6 Å². The Hall–Kier alpha value is -2.42. The summed E-state index contributed by atoms with van der Waals surface area (Å²) in [6.07, 6.45) is 6.30. The molecule has 2 heterocycles. The fourth-order valence-electron chi connectivity index (χ4n) is 4.45. The van der Waals surface area contributed by atoms with Gasteiger partial charge in [-0.15, -0.1) is 0 Å². The van der Waals surface area contributed by atoms with Crippen LogP contribution >= 0.6 is 0 Å². The number of hydrogen-bond donors (Lipinski definition) is 0. The van der Waals surface area contributed by atoms with Crippen molar-refractivity contribution in [3.63, 3.8) is 0 Å². The summed E-state index contributed by atoms with van der Waals surface area (Å²) in [6.45, 7) is 2.18. The summed E-state index contributed by atoms with van der Waals surface area (Å²) in [5.74, 6) is -0.197. The molecule has 0 unspecified atom stereocenters. The normalized spacial score (nSPS) is 23.5. The Morgan fingerprint density at radius 3 is 2.52 bits per heavy atom. The lowest BCUT2D eigenvalue weighted by molar-refractivity contribution is -0.183. The maximum atomic E-state index is 13.1. The van der Waals surface area contributed by atoms with Crippen molar-refractivity contribution in [2.45, 2.75) is 44.1 Å². The molecule has 168 valence electrons. The van der Waals surface area contributed by atoms with Crippen LogP contribution in [-0.2, 0) is 30.3 Å². The first-order valence-electron chi connectivity index (χ1n) is 10.8. The number of rotatable bonds is 6. The molecule has 2 amide bonds. The third kappa shape index (κ3) is 5.08. The monoisotopic (exact) mass is 430 g/mol. The Kier molecular flexibility index (Phi) is 6.89. The number of ether oxygens (including phenoxy) is 4. The predicted molar refractivity (Wildman–Crippen MR) is 112 cm³/mol. The minimum absolute atomic E-state index is 0.107. The van der Waals surface area contributed by atoms with Gasteiger partial charge < -0.3 is 23.8 Å². The average Bonchev–Trinajstić information content (AvgIpc) is 3.25. The van der Waals surface area contributed by atoms with Crippen LogP contribution in [0.5, 0.6) is 0 Å². The lowest BCUT2D eigenvalue weighted by Crippen LogP contribution is -2.54. The fourth-order valence-corrected chi connectivity index (χ4v) is 4.45. The lowest BCUT2D eigenvalue weighted by atomic mass is 9.84. The van der Waals surface area contributed by atoms with E-state index in [0.29, 0.717) is 25.7 Å². The van der Waals surface area contributed by atoms with Crippen LogP contribution in [0.4, 0.5) is 4.79 Å². The molecule has 1 aromatic carbocycles. The van der Waals surface area contributed by atoms with Crippen LogP contribution in [0.1, 0.15) is 31.2 Å². The molecule has 0 aromatic heterocycles. The summed E-state index contributed by atoms with van der Waals surface area (Å²) in [7, 11) is 1.52. The Balaban J connectivity index is 1.35. The number of amides is 2. The van der Waals surface area contributed by atoms with Crippen LogP contribution in [0.15, 0.2) is 42.7 Å². The van der Waals surface area contributed by atoms with Crippen molar-refractivity contribution in [2.75, 3.05) is 33.5 Å². The first kappa shape index (κ1) is 21.8. The highest BCUT2D eigenvalue weighted by molar-refractivity contribution is 5.88. The molecular weight excluding hydrogens is 400 g/mol. The van der Waals surface area contributed by atoms with Gasteiger partial charge in [-0.05, 0) is 24.3 Å². The van der Waals surface area contributed by atoms with Gasteiger partial charge in [0.2, 0.25) is 0 Å². The molecule has 1 saturated carbocycles. The quantitative estimate of drug-likeness (QED) is 0.691. The van der Waals surface area contributed by atoms with Crippen LogP contribution in [0.25, 0.3) is 0 Å². The average molecular weight is 431 g/mol. The summed E-state index contributed by atoms with van der Waals surface area (Å²) in [6, 6.07) is 8.70. The van der Waals surface area contributed by atoms with Crippen LogP contribution in [0.3, 0.4) is 0 Å². The molecule has 1 atom stereocenters. The van der Waals surface area contributed by atoms with Crippen molar-refractivity contribution in [3.8, 4) is 0 Å². The molecule has 2 fully saturated rings. The van der Waals surface area contributed by atoms with Gasteiger partial charge in [-0.1, -0.05) is 30.3 Å². The summed E-state index contributed by atoms with van der Waals surface area (Å²) in [4.78, 5) is 28.8. The van der Waals surface area contributed by atoms with Gasteiger partial charge in [0.15, 0.2) is 5.79 Å². The molecule has 1 aliphatic carbocycles. The maximum absolute atomic E-state index is 13.1. The fraction of sp³-hybridized carbons (Fsp3) is 0.565. The largest absolute Gasteiger partial charge is 0.444 e. The number of nitrogens with zero attached hydrogens (tertiary/aromatic N) is 2. The van der Waals surface area contributed by atoms with E-state index < -0.39 is 17.9 Å². The number of carbonyl (C=O) groups excluding carboxylic acids is 2. The zero-order valence-corrected chi connectivity index (χ0v) is 17.9. The molecule has 2 aliphatic heterocycles. The molecular formula is C23H30N2O6. The Bertz CT molecular complexity index is 783. The molecule has 1 spiro atoms. The third-order valence-corrected chi connectivity index (χ3v) is 6.19. The summed E-state index contributed by atoms with van der Waals surface area (Å²) in [5, 5.41) is 0. The molecule has 1 aromatic rings. The topological polar surface area (TPSA) is 77.5 Å². The maximum Gasteiger partial charge on any atom is 0.415 e. The molecule has 1 saturated heterocycles. The molecule has 0 N–H and O–H groups in total. The predicted octanol–water partition coefficient (Wildman–Crippen LogP) is 2.89. The van der Waals surface area contributed by atoms with E-state index in [1.807, 2.05) is 30.3 Å². The van der Waals surface area contributed by atoms with Gasteiger partial charge in [-0.3, -0.25) is 9.69 Å². The number of carbonyl (C=O) groups is 2. The highest BCUT2D eigenvalue weighted by Gasteiger charge is 2.42. The second-order valence-electron chi connectivity index (χ2n) is 8.26. The van der Waals surface area contributed by atoms with E-state index >= 15 is 0 Å². The van der Waals surface area contributed by atoms with E-state index in [2.05, 4.69) is 0 Å². The van der Waals surface area contributed by atoms with Crippen LogP contribution in [0.2, 0.25) is 0 Å². The van der Waals surface area contributed by atoms with Gasteiger partial charge in [0.05, 0.1) is 19.8 Å². The Labute approximate surface area is 182 Å². The van der Waals surface area contributed by atoms with Gasteiger partial charge in [-0.2, -0.15) is 0 Å². The number of methoxy groups -OCH3 is 1. The standard InChI is InChI=1S/C23H30N2O6/c1-28-17-20-21(26)24(15-18-7-9-23(10-8-18)30-13-14-31-23)11-12-25(20)22(27)29-16-19-5-3-2-4-6-19/h2-6,11-12,18,20H,7-10,13-17H2,1H3/t20-/m0/s1. The number of benzene rings is 1. The molecule has 31 heavy (non-hydrogen) atoms. The second kappa shape index (κ2) is 9.80. The summed E-state index contributed by atoms with van der Waals surface area (Å²) < 4.78 is 22.2. The van der Waals surface area contributed by atoms with Gasteiger partial charge in [0.25, 0.3) is 5.91 Å². The first-order valence-corrected chi connectivity index (χ1v) is 10.8. The zero-order chi connectivity index (χ0) is 21.7. The minimum Gasteiger partial charge on any atom is -0.444 e. The van der Waals surface area contributed by atoms with Crippen molar-refractivity contribution in [2.24, 2.45) is 5.92 Å². The van der Waals surface area contributed by atoms with Crippen molar-refractivity contribution in [1.29, 1.82) is 0 Å². The smallest absolute Gasteiger partial charge is 0.415 e. The highest BCUT2D eigenvalue weighted by atomic mass is 16.7. The van der Waals surface area contributed by atoms with Crippen molar-refractivity contribution < 1.29 is 28.5 Å². The summed E-state index contributed by atoms with van der Waals surface area (Å²) >= 11 is 0.